The van der Waals surface area contributed by atoms with Crippen LogP contribution in [0.3, 0.4) is 0 Å². The molecule has 2 fully saturated rings. The average molecular weight is 259 g/mol. The molecule has 1 saturated heterocycles. The molecule has 0 bridgehead atoms. The highest BCUT2D eigenvalue weighted by atomic mass is 15.4. The van der Waals surface area contributed by atoms with E-state index in [1.165, 1.54) is 36.9 Å². The fraction of sp³-hybridized carbons (Fsp3) is 0.647. The summed E-state index contributed by atoms with van der Waals surface area (Å²) in [6.45, 7) is 4.20. The van der Waals surface area contributed by atoms with Crippen molar-refractivity contribution in [3.05, 3.63) is 29.8 Å². The number of hydrogen-bond acceptors (Lipinski definition) is 2. The second-order valence-electron chi connectivity index (χ2n) is 6.25. The smallest absolute Gasteiger partial charge is 0.0711 e. The lowest BCUT2D eigenvalue weighted by atomic mass is 9.92. The largest absolute Gasteiger partial charge is 0.354 e. The summed E-state index contributed by atoms with van der Waals surface area (Å²) in [4.78, 5) is 4.59. The summed E-state index contributed by atoms with van der Waals surface area (Å²) in [6, 6.07) is 9.43. The van der Waals surface area contributed by atoms with Crippen LogP contribution in [0, 0.1) is 12.8 Å². The number of rotatable bonds is 2. The fourth-order valence-electron chi connectivity index (χ4n) is 4.04. The maximum atomic E-state index is 8.61. The van der Waals surface area contributed by atoms with Crippen LogP contribution < -0.4 is 4.90 Å². The lowest BCUT2D eigenvalue weighted by Gasteiger charge is -2.30. The molecule has 1 heterocycles. The minimum Gasteiger partial charge on any atom is -0.354 e. The summed E-state index contributed by atoms with van der Waals surface area (Å²) >= 11 is 0. The third-order valence-corrected chi connectivity index (χ3v) is 4.99. The van der Waals surface area contributed by atoms with Crippen molar-refractivity contribution in [3.8, 4) is 0 Å². The first-order valence-electron chi connectivity index (χ1n) is 8.17. The van der Waals surface area contributed by atoms with E-state index in [1.807, 2.05) is 0 Å². The monoisotopic (exact) mass is 259 g/mol. The quantitative estimate of drug-likeness (QED) is 0.800. The van der Waals surface area contributed by atoms with Gasteiger partial charge in [-0.1, -0.05) is 31.0 Å². The highest BCUT2D eigenvalue weighted by molar-refractivity contribution is 5.54. The van der Waals surface area contributed by atoms with Gasteiger partial charge in [0.15, 0.2) is 0 Å². The van der Waals surface area contributed by atoms with Crippen LogP contribution in [0.25, 0.3) is 0 Å². The summed E-state index contributed by atoms with van der Waals surface area (Å²) < 4.78 is 8.61. The summed E-state index contributed by atoms with van der Waals surface area (Å²) in [5, 5.41) is 0. The van der Waals surface area contributed by atoms with E-state index in [0.717, 1.165) is 5.92 Å². The van der Waals surface area contributed by atoms with Gasteiger partial charge in [0, 0.05) is 17.8 Å². The van der Waals surface area contributed by atoms with Gasteiger partial charge in [-0.15, -0.1) is 0 Å². The van der Waals surface area contributed by atoms with E-state index in [0.29, 0.717) is 12.1 Å². The maximum Gasteiger partial charge on any atom is 0.0711 e. The zero-order valence-corrected chi connectivity index (χ0v) is 12.3. The standard InChI is InChI=1S/C17H26N2/c1-13-8-4-7-11-16(13)19-12-18(3)17(14(19)2)15-9-5-6-10-15/h4,7-8,11,14-15,17H,5-6,9-10,12H2,1-3H3/t14-,17?/m0/s1/i12D/t12?,14-,17?. The van der Waals surface area contributed by atoms with Gasteiger partial charge in [0.05, 0.1) is 8.02 Å². The molecule has 1 aliphatic heterocycles. The number of anilines is 1. The summed E-state index contributed by atoms with van der Waals surface area (Å²) in [5.74, 6) is 0.775. The lowest BCUT2D eigenvalue weighted by Crippen LogP contribution is -2.39. The van der Waals surface area contributed by atoms with Gasteiger partial charge in [0.2, 0.25) is 0 Å². The fourth-order valence-corrected chi connectivity index (χ4v) is 4.04. The van der Waals surface area contributed by atoms with Crippen LogP contribution in [-0.2, 0) is 0 Å². The third kappa shape index (κ3) is 2.27. The Balaban J connectivity index is 1.91. The number of hydrogen-bond donors (Lipinski definition) is 0. The molecule has 0 radical (unpaired) electrons. The Kier molecular flexibility index (Phi) is 3.20. The average Bonchev–Trinajstić information content (AvgIpc) is 3.01. The number of para-hydroxylation sites is 1. The molecule has 3 rings (SSSR count). The molecule has 0 aromatic heterocycles. The van der Waals surface area contributed by atoms with Gasteiger partial charge in [-0.3, -0.25) is 4.90 Å². The predicted molar refractivity (Wildman–Crippen MR) is 81.5 cm³/mol. The van der Waals surface area contributed by atoms with Gasteiger partial charge in [-0.25, -0.2) is 0 Å². The maximum absolute atomic E-state index is 8.61. The van der Waals surface area contributed by atoms with E-state index in [9.17, 15) is 0 Å². The van der Waals surface area contributed by atoms with Crippen molar-refractivity contribution in [1.29, 1.82) is 0 Å². The molecule has 1 aromatic carbocycles. The van der Waals surface area contributed by atoms with Gasteiger partial charge >= 0.3 is 0 Å². The Morgan fingerprint density at radius 1 is 1.21 bits per heavy atom. The molecule has 1 aliphatic carbocycles. The van der Waals surface area contributed by atoms with Crippen LogP contribution in [0.1, 0.15) is 39.5 Å². The number of likely N-dealkylation sites (N-methyl/N-ethyl adjacent to an activating group) is 1. The van der Waals surface area contributed by atoms with Crippen molar-refractivity contribution in [1.82, 2.24) is 4.90 Å². The van der Waals surface area contributed by atoms with Gasteiger partial charge in [-0.2, -0.15) is 0 Å². The molecular formula is C17H26N2. The minimum atomic E-state index is -0.253. The summed E-state index contributed by atoms with van der Waals surface area (Å²) in [5.41, 5.74) is 2.50. The lowest BCUT2D eigenvalue weighted by molar-refractivity contribution is 0.219. The molecule has 2 nitrogen and oxygen atoms in total. The third-order valence-electron chi connectivity index (χ3n) is 4.99. The van der Waals surface area contributed by atoms with Gasteiger partial charge < -0.3 is 4.90 Å². The molecule has 0 spiro atoms. The zero-order chi connectivity index (χ0) is 14.3. The first-order valence-corrected chi connectivity index (χ1v) is 7.59. The Morgan fingerprint density at radius 2 is 1.89 bits per heavy atom. The molecule has 2 aliphatic rings. The van der Waals surface area contributed by atoms with Crippen LogP contribution >= 0.6 is 0 Å². The van der Waals surface area contributed by atoms with Crippen molar-refractivity contribution in [3.63, 3.8) is 0 Å². The van der Waals surface area contributed by atoms with E-state index < -0.39 is 0 Å². The molecule has 0 N–H and O–H groups in total. The first-order chi connectivity index (χ1) is 9.61. The molecule has 0 amide bonds. The molecule has 2 heteroatoms. The van der Waals surface area contributed by atoms with Crippen LogP contribution in [0.15, 0.2) is 24.3 Å². The Labute approximate surface area is 118 Å². The number of benzene rings is 1. The molecule has 2 unspecified atom stereocenters. The second kappa shape index (κ2) is 5.16. The number of nitrogens with zero attached hydrogens (tertiary/aromatic N) is 2. The molecule has 1 saturated carbocycles. The van der Waals surface area contributed by atoms with E-state index in [2.05, 4.69) is 55.0 Å². The highest BCUT2D eigenvalue weighted by Gasteiger charge is 2.40. The summed E-state index contributed by atoms with van der Waals surface area (Å²) in [7, 11) is 2.13. The zero-order valence-electron chi connectivity index (χ0n) is 13.3. The van der Waals surface area contributed by atoms with Gasteiger partial charge in [-0.05, 0) is 51.3 Å². The van der Waals surface area contributed by atoms with E-state index in [-0.39, 0.29) is 6.64 Å². The topological polar surface area (TPSA) is 6.48 Å². The van der Waals surface area contributed by atoms with Gasteiger partial charge in [0.25, 0.3) is 0 Å². The highest BCUT2D eigenvalue weighted by Crippen LogP contribution is 2.38. The Morgan fingerprint density at radius 3 is 2.58 bits per heavy atom. The first kappa shape index (κ1) is 11.8. The Bertz CT molecular complexity index is 470. The predicted octanol–water partition coefficient (Wildman–Crippen LogP) is 3.65. The van der Waals surface area contributed by atoms with Crippen molar-refractivity contribution >= 4 is 5.69 Å². The van der Waals surface area contributed by atoms with Crippen LogP contribution in [0.2, 0.25) is 0 Å². The second-order valence-corrected chi connectivity index (χ2v) is 6.25. The van der Waals surface area contributed by atoms with Crippen molar-refractivity contribution < 1.29 is 1.37 Å². The van der Waals surface area contributed by atoms with Crippen molar-refractivity contribution in [2.24, 2.45) is 5.92 Å². The van der Waals surface area contributed by atoms with Crippen LogP contribution in [0.5, 0.6) is 0 Å². The molecule has 3 atom stereocenters. The molecule has 104 valence electrons. The minimum absolute atomic E-state index is 0.253. The SMILES string of the molecule is [2H]C1N(C)C(C2CCCC2)[C@H](C)N1c1ccccc1C. The van der Waals surface area contributed by atoms with Crippen molar-refractivity contribution in [2.45, 2.75) is 51.6 Å². The van der Waals surface area contributed by atoms with E-state index >= 15 is 0 Å². The van der Waals surface area contributed by atoms with Crippen molar-refractivity contribution in [2.75, 3.05) is 18.6 Å². The van der Waals surface area contributed by atoms with Crippen LogP contribution in [-0.4, -0.2) is 30.7 Å². The molecular weight excluding hydrogens is 232 g/mol. The Hall–Kier alpha value is -1.02. The summed E-state index contributed by atoms with van der Waals surface area (Å²) in [6.07, 6.45) is 5.42. The van der Waals surface area contributed by atoms with Gasteiger partial charge in [0.1, 0.15) is 0 Å². The number of aryl methyl sites for hydroxylation is 1. The van der Waals surface area contributed by atoms with E-state index in [1.54, 1.807) is 0 Å². The molecule has 1 aromatic rings. The normalized spacial score (nSPS) is 33.9. The van der Waals surface area contributed by atoms with Crippen LogP contribution in [0.4, 0.5) is 5.69 Å². The molecule has 19 heavy (non-hydrogen) atoms. The van der Waals surface area contributed by atoms with E-state index in [4.69, 9.17) is 1.37 Å².